The van der Waals surface area contributed by atoms with E-state index >= 15 is 0 Å². The summed E-state index contributed by atoms with van der Waals surface area (Å²) in [6.45, 7) is 6.76. The summed E-state index contributed by atoms with van der Waals surface area (Å²) in [6, 6.07) is 34.3. The lowest BCUT2D eigenvalue weighted by molar-refractivity contribution is 0.586. The van der Waals surface area contributed by atoms with E-state index in [2.05, 4.69) is 87.5 Å². The highest BCUT2D eigenvalue weighted by molar-refractivity contribution is 6.30. The topological polar surface area (TPSA) is 12.9 Å². The third kappa shape index (κ3) is 5.44. The Labute approximate surface area is 230 Å². The molecule has 5 aromatic rings. The summed E-state index contributed by atoms with van der Waals surface area (Å²) in [6.07, 6.45) is 2.88. The minimum absolute atomic E-state index is 0.173. The van der Waals surface area contributed by atoms with Gasteiger partial charge >= 0.3 is 0 Å². The molecule has 0 saturated heterocycles. The van der Waals surface area contributed by atoms with Gasteiger partial charge in [-0.1, -0.05) is 98.6 Å². The Hall–Kier alpha value is -3.13. The summed E-state index contributed by atoms with van der Waals surface area (Å²) in [5, 5.41) is 2.68. The summed E-state index contributed by atoms with van der Waals surface area (Å²) in [5.41, 5.74) is 8.57. The number of nitrogens with zero attached hydrogens (tertiary/aromatic N) is 1. The number of halogens is 2. The van der Waals surface area contributed by atoms with Gasteiger partial charge in [0.1, 0.15) is 0 Å². The van der Waals surface area contributed by atoms with E-state index in [0.717, 1.165) is 22.0 Å². The summed E-state index contributed by atoms with van der Waals surface area (Å²) in [7, 11) is 0. The molecule has 1 atom stereocenters. The van der Waals surface area contributed by atoms with Crippen molar-refractivity contribution in [1.82, 2.24) is 4.98 Å². The molecule has 0 aliphatic heterocycles. The van der Waals surface area contributed by atoms with Gasteiger partial charge in [-0.15, -0.1) is 0 Å². The summed E-state index contributed by atoms with van der Waals surface area (Å²) < 4.78 is 0. The molecule has 186 valence electrons. The van der Waals surface area contributed by atoms with Crippen molar-refractivity contribution in [3.63, 3.8) is 0 Å². The molecule has 0 bridgehead atoms. The maximum Gasteiger partial charge on any atom is 0.0780 e. The van der Waals surface area contributed by atoms with Crippen molar-refractivity contribution < 1.29 is 0 Å². The molecule has 37 heavy (non-hydrogen) atoms. The van der Waals surface area contributed by atoms with Crippen molar-refractivity contribution in [2.24, 2.45) is 0 Å². The van der Waals surface area contributed by atoms with Crippen LogP contribution in [0, 0.1) is 0 Å². The highest BCUT2D eigenvalue weighted by Crippen LogP contribution is 2.42. The zero-order valence-electron chi connectivity index (χ0n) is 21.5. The van der Waals surface area contributed by atoms with E-state index in [1.54, 1.807) is 0 Å². The number of rotatable bonds is 7. The van der Waals surface area contributed by atoms with Crippen molar-refractivity contribution in [2.75, 3.05) is 0 Å². The van der Waals surface area contributed by atoms with E-state index in [-0.39, 0.29) is 11.8 Å². The van der Waals surface area contributed by atoms with Crippen molar-refractivity contribution in [1.29, 1.82) is 0 Å². The lowest BCUT2D eigenvalue weighted by Crippen LogP contribution is -2.13. The van der Waals surface area contributed by atoms with Gasteiger partial charge in [-0.25, -0.2) is 0 Å². The third-order valence-electron chi connectivity index (χ3n) is 7.32. The average molecular weight is 525 g/mol. The molecule has 0 spiro atoms. The predicted molar refractivity (Wildman–Crippen MR) is 159 cm³/mol. The first-order valence-electron chi connectivity index (χ1n) is 12.9. The lowest BCUT2D eigenvalue weighted by atomic mass is 9.75. The fraction of sp³-hybridized carbons (Fsp3) is 0.206. The SMILES string of the molecule is CCC(c1cccc(-c2cc(C(C)C)cc3cccnc23)c1)C(c1ccc(Cl)cc1)c1ccc(Cl)cc1. The van der Waals surface area contributed by atoms with Gasteiger partial charge in [-0.05, 0) is 88.5 Å². The van der Waals surface area contributed by atoms with Crippen LogP contribution in [0.25, 0.3) is 22.0 Å². The van der Waals surface area contributed by atoms with Gasteiger partial charge in [0.25, 0.3) is 0 Å². The molecular weight excluding hydrogens is 493 g/mol. The monoisotopic (exact) mass is 523 g/mol. The number of aromatic nitrogens is 1. The van der Waals surface area contributed by atoms with Gasteiger partial charge in [0.05, 0.1) is 5.52 Å². The zero-order chi connectivity index (χ0) is 25.9. The van der Waals surface area contributed by atoms with Crippen LogP contribution in [0.4, 0.5) is 0 Å². The molecule has 0 saturated carbocycles. The number of hydrogen-bond acceptors (Lipinski definition) is 1. The molecule has 0 aliphatic carbocycles. The largest absolute Gasteiger partial charge is 0.256 e. The molecule has 1 nitrogen and oxygen atoms in total. The van der Waals surface area contributed by atoms with Crippen molar-refractivity contribution >= 4 is 34.1 Å². The van der Waals surface area contributed by atoms with Crippen molar-refractivity contribution in [3.05, 3.63) is 136 Å². The predicted octanol–water partition coefficient (Wildman–Crippen LogP) is 10.7. The van der Waals surface area contributed by atoms with E-state index in [0.29, 0.717) is 5.92 Å². The third-order valence-corrected chi connectivity index (χ3v) is 7.82. The van der Waals surface area contributed by atoms with Crippen molar-refractivity contribution in [3.8, 4) is 11.1 Å². The first-order chi connectivity index (χ1) is 17.9. The van der Waals surface area contributed by atoms with Crippen LogP contribution in [0.15, 0.2) is 103 Å². The van der Waals surface area contributed by atoms with E-state index < -0.39 is 0 Å². The van der Waals surface area contributed by atoms with Gasteiger partial charge in [0, 0.05) is 33.1 Å². The molecule has 5 rings (SSSR count). The highest BCUT2D eigenvalue weighted by atomic mass is 35.5. The van der Waals surface area contributed by atoms with Gasteiger partial charge in [-0.3, -0.25) is 4.98 Å². The summed E-state index contributed by atoms with van der Waals surface area (Å²) in [4.78, 5) is 4.77. The van der Waals surface area contributed by atoms with Gasteiger partial charge < -0.3 is 0 Å². The quantitative estimate of drug-likeness (QED) is 0.206. The molecule has 1 unspecified atom stereocenters. The summed E-state index contributed by atoms with van der Waals surface area (Å²) >= 11 is 12.5. The number of fused-ring (bicyclic) bond motifs is 1. The minimum atomic E-state index is 0.173. The average Bonchev–Trinajstić information content (AvgIpc) is 2.92. The Morgan fingerprint density at radius 1 is 0.676 bits per heavy atom. The van der Waals surface area contributed by atoms with Crippen LogP contribution in [-0.4, -0.2) is 4.98 Å². The van der Waals surface area contributed by atoms with E-state index in [9.17, 15) is 0 Å². The molecule has 0 radical (unpaired) electrons. The first kappa shape index (κ1) is 25.5. The number of pyridine rings is 1. The van der Waals surface area contributed by atoms with Crippen LogP contribution in [0.3, 0.4) is 0 Å². The molecule has 0 N–H and O–H groups in total. The van der Waals surface area contributed by atoms with Gasteiger partial charge in [0.2, 0.25) is 0 Å². The maximum absolute atomic E-state index is 6.26. The van der Waals surface area contributed by atoms with Gasteiger partial charge in [0.15, 0.2) is 0 Å². The van der Waals surface area contributed by atoms with Crippen LogP contribution in [0.2, 0.25) is 10.0 Å². The van der Waals surface area contributed by atoms with Crippen LogP contribution in [-0.2, 0) is 0 Å². The fourth-order valence-electron chi connectivity index (χ4n) is 5.37. The second kappa shape index (κ2) is 11.1. The Morgan fingerprint density at radius 2 is 1.32 bits per heavy atom. The normalized spacial score (nSPS) is 12.4. The smallest absolute Gasteiger partial charge is 0.0780 e. The second-order valence-electron chi connectivity index (χ2n) is 10.0. The first-order valence-corrected chi connectivity index (χ1v) is 13.7. The highest BCUT2D eigenvalue weighted by Gasteiger charge is 2.26. The fourth-order valence-corrected chi connectivity index (χ4v) is 5.62. The minimum Gasteiger partial charge on any atom is -0.256 e. The Bertz CT molecular complexity index is 1460. The molecule has 0 aliphatic rings. The van der Waals surface area contributed by atoms with E-state index in [1.807, 2.05) is 36.5 Å². The standard InChI is InChI=1S/C34H31Cl2N/c1-4-31(33(23-10-14-29(35)15-11-23)24-12-16-30(36)17-13-24)25-7-5-8-26(19-25)32-21-28(22(2)3)20-27-9-6-18-37-34(27)32/h5-22,31,33H,4H2,1-3H3. The molecule has 4 aromatic carbocycles. The van der Waals surface area contributed by atoms with E-state index in [1.165, 1.54) is 38.8 Å². The maximum atomic E-state index is 6.26. The van der Waals surface area contributed by atoms with Crippen LogP contribution >= 0.6 is 23.2 Å². The molecular formula is C34H31Cl2N. The molecule has 0 amide bonds. The summed E-state index contributed by atoms with van der Waals surface area (Å²) in [5.74, 6) is 0.885. The van der Waals surface area contributed by atoms with Crippen LogP contribution < -0.4 is 0 Å². The van der Waals surface area contributed by atoms with Crippen LogP contribution in [0.5, 0.6) is 0 Å². The lowest BCUT2D eigenvalue weighted by Gasteiger charge is -2.28. The molecule has 3 heteroatoms. The molecule has 1 heterocycles. The molecule has 1 aromatic heterocycles. The number of benzene rings is 4. The Kier molecular flexibility index (Phi) is 7.65. The molecule has 0 fully saturated rings. The number of hydrogen-bond donors (Lipinski definition) is 0. The van der Waals surface area contributed by atoms with E-state index in [4.69, 9.17) is 28.2 Å². The van der Waals surface area contributed by atoms with Gasteiger partial charge in [-0.2, -0.15) is 0 Å². The Balaban J connectivity index is 1.65. The second-order valence-corrected chi connectivity index (χ2v) is 10.9. The van der Waals surface area contributed by atoms with Crippen LogP contribution in [0.1, 0.15) is 67.2 Å². The Morgan fingerprint density at radius 3 is 1.92 bits per heavy atom. The van der Waals surface area contributed by atoms with Crippen molar-refractivity contribution in [2.45, 2.75) is 44.9 Å². The zero-order valence-corrected chi connectivity index (χ0v) is 23.0.